The first kappa shape index (κ1) is 7.40. The SMILES string of the molecule is NC(N)=NN=C1CCSC1. The molecule has 10 heavy (non-hydrogen) atoms. The van der Waals surface area contributed by atoms with Gasteiger partial charge in [-0.3, -0.25) is 0 Å². The maximum Gasteiger partial charge on any atom is 0.211 e. The normalized spacial score (nSPS) is 21.4. The van der Waals surface area contributed by atoms with E-state index in [2.05, 4.69) is 10.2 Å². The molecule has 56 valence electrons. The fourth-order valence-corrected chi connectivity index (χ4v) is 1.62. The maximum absolute atomic E-state index is 5.08. The lowest BCUT2D eigenvalue weighted by Gasteiger charge is -1.87. The topological polar surface area (TPSA) is 76.8 Å². The van der Waals surface area contributed by atoms with Gasteiger partial charge in [-0.15, -0.1) is 5.10 Å². The van der Waals surface area contributed by atoms with Crippen molar-refractivity contribution in [3.8, 4) is 0 Å². The summed E-state index contributed by atoms with van der Waals surface area (Å²) in [5.41, 5.74) is 11.3. The van der Waals surface area contributed by atoms with E-state index in [9.17, 15) is 0 Å². The van der Waals surface area contributed by atoms with Gasteiger partial charge >= 0.3 is 0 Å². The summed E-state index contributed by atoms with van der Waals surface area (Å²) in [6.07, 6.45) is 1.02. The van der Waals surface area contributed by atoms with Gasteiger partial charge < -0.3 is 11.5 Å². The van der Waals surface area contributed by atoms with E-state index in [1.165, 1.54) is 0 Å². The van der Waals surface area contributed by atoms with Crippen LogP contribution in [0.25, 0.3) is 0 Å². The average molecular weight is 158 g/mol. The second kappa shape index (κ2) is 3.46. The van der Waals surface area contributed by atoms with Gasteiger partial charge in [0.05, 0.1) is 5.71 Å². The highest BCUT2D eigenvalue weighted by molar-refractivity contribution is 8.00. The molecule has 4 nitrogen and oxygen atoms in total. The van der Waals surface area contributed by atoms with Crippen LogP contribution in [-0.4, -0.2) is 23.2 Å². The molecule has 0 aromatic carbocycles. The highest BCUT2D eigenvalue weighted by atomic mass is 32.2. The molecule has 4 N–H and O–H groups in total. The largest absolute Gasteiger partial charge is 0.369 e. The van der Waals surface area contributed by atoms with E-state index >= 15 is 0 Å². The third-order valence-electron chi connectivity index (χ3n) is 1.11. The minimum Gasteiger partial charge on any atom is -0.369 e. The molecule has 1 saturated heterocycles. The number of hydrogen-bond acceptors (Lipinski definition) is 3. The van der Waals surface area contributed by atoms with Crippen LogP contribution in [0.1, 0.15) is 6.42 Å². The van der Waals surface area contributed by atoms with Crippen molar-refractivity contribution in [2.24, 2.45) is 21.7 Å². The Kier molecular flexibility index (Phi) is 2.56. The second-order valence-corrected chi connectivity index (χ2v) is 3.10. The number of nitrogens with two attached hydrogens (primary N) is 2. The van der Waals surface area contributed by atoms with Crippen LogP contribution in [0.15, 0.2) is 10.2 Å². The predicted molar refractivity (Wildman–Crippen MR) is 45.2 cm³/mol. The Hall–Kier alpha value is -0.710. The van der Waals surface area contributed by atoms with Crippen LogP contribution in [-0.2, 0) is 0 Å². The Morgan fingerprint density at radius 1 is 1.50 bits per heavy atom. The summed E-state index contributed by atoms with van der Waals surface area (Å²) in [5.74, 6) is 2.14. The molecule has 1 fully saturated rings. The van der Waals surface area contributed by atoms with Gasteiger partial charge in [0.25, 0.3) is 0 Å². The van der Waals surface area contributed by atoms with Gasteiger partial charge in [0.15, 0.2) is 0 Å². The van der Waals surface area contributed by atoms with Crippen molar-refractivity contribution in [2.75, 3.05) is 11.5 Å². The van der Waals surface area contributed by atoms with E-state index in [1.54, 1.807) is 0 Å². The van der Waals surface area contributed by atoms with Crippen molar-refractivity contribution in [3.05, 3.63) is 0 Å². The monoisotopic (exact) mass is 158 g/mol. The fraction of sp³-hybridized carbons (Fsp3) is 0.600. The summed E-state index contributed by atoms with van der Waals surface area (Å²) in [6.45, 7) is 0. The summed E-state index contributed by atoms with van der Waals surface area (Å²) in [4.78, 5) is 0. The first-order chi connectivity index (χ1) is 4.79. The van der Waals surface area contributed by atoms with E-state index in [1.807, 2.05) is 11.8 Å². The van der Waals surface area contributed by atoms with Gasteiger partial charge in [0.2, 0.25) is 5.96 Å². The standard InChI is InChI=1S/C5H10N4S/c6-5(7)9-8-4-1-2-10-3-4/h1-3H2,(H4,6,7,9). The number of hydrogen-bond donors (Lipinski definition) is 2. The van der Waals surface area contributed by atoms with E-state index in [-0.39, 0.29) is 5.96 Å². The van der Waals surface area contributed by atoms with Gasteiger partial charge in [0.1, 0.15) is 0 Å². The molecule has 1 aliphatic rings. The van der Waals surface area contributed by atoms with Crippen molar-refractivity contribution in [1.82, 2.24) is 0 Å². The zero-order chi connectivity index (χ0) is 7.40. The van der Waals surface area contributed by atoms with Crippen LogP contribution in [0.2, 0.25) is 0 Å². The van der Waals surface area contributed by atoms with Crippen LogP contribution in [0.5, 0.6) is 0 Å². The lowest BCUT2D eigenvalue weighted by molar-refractivity contribution is 1.17. The molecule has 1 heterocycles. The van der Waals surface area contributed by atoms with Crippen LogP contribution in [0.3, 0.4) is 0 Å². The number of rotatable bonds is 1. The van der Waals surface area contributed by atoms with Crippen LogP contribution in [0.4, 0.5) is 0 Å². The summed E-state index contributed by atoms with van der Waals surface area (Å²) < 4.78 is 0. The van der Waals surface area contributed by atoms with Gasteiger partial charge in [-0.1, -0.05) is 0 Å². The molecule has 0 aliphatic carbocycles. The van der Waals surface area contributed by atoms with Crippen molar-refractivity contribution in [3.63, 3.8) is 0 Å². The first-order valence-electron chi connectivity index (χ1n) is 3.01. The molecule has 0 bridgehead atoms. The molecular formula is C5H10N4S. The molecule has 0 radical (unpaired) electrons. The first-order valence-corrected chi connectivity index (χ1v) is 4.16. The Labute approximate surface area is 63.8 Å². The molecule has 0 unspecified atom stereocenters. The van der Waals surface area contributed by atoms with Crippen molar-refractivity contribution in [1.29, 1.82) is 0 Å². The number of thioether (sulfide) groups is 1. The summed E-state index contributed by atoms with van der Waals surface area (Å²) in [7, 11) is 0. The minimum absolute atomic E-state index is 0.0319. The zero-order valence-electron chi connectivity index (χ0n) is 5.58. The van der Waals surface area contributed by atoms with Crippen molar-refractivity contribution >= 4 is 23.4 Å². The van der Waals surface area contributed by atoms with Gasteiger partial charge in [-0.05, 0) is 12.2 Å². The molecule has 1 aliphatic heterocycles. The van der Waals surface area contributed by atoms with Crippen LogP contribution < -0.4 is 11.5 Å². The second-order valence-electron chi connectivity index (χ2n) is 1.99. The third kappa shape index (κ3) is 2.26. The highest BCUT2D eigenvalue weighted by Gasteiger charge is 2.07. The predicted octanol–water partition coefficient (Wildman–Crippen LogP) is -0.247. The lowest BCUT2D eigenvalue weighted by atomic mass is 10.3. The van der Waals surface area contributed by atoms with Crippen LogP contribution in [0, 0.1) is 0 Å². The molecule has 0 amide bonds. The third-order valence-corrected chi connectivity index (χ3v) is 2.14. The minimum atomic E-state index is 0.0319. The van der Waals surface area contributed by atoms with E-state index in [4.69, 9.17) is 11.5 Å². The van der Waals surface area contributed by atoms with Crippen LogP contribution >= 0.6 is 11.8 Å². The summed E-state index contributed by atoms with van der Waals surface area (Å²) in [6, 6.07) is 0. The van der Waals surface area contributed by atoms with Gasteiger partial charge in [0, 0.05) is 5.75 Å². The summed E-state index contributed by atoms with van der Waals surface area (Å²) in [5, 5.41) is 7.41. The molecule has 0 aromatic heterocycles. The lowest BCUT2D eigenvalue weighted by Crippen LogP contribution is -2.22. The summed E-state index contributed by atoms with van der Waals surface area (Å²) >= 11 is 1.85. The Morgan fingerprint density at radius 3 is 2.80 bits per heavy atom. The molecule has 0 spiro atoms. The van der Waals surface area contributed by atoms with E-state index < -0.39 is 0 Å². The van der Waals surface area contributed by atoms with Crippen molar-refractivity contribution in [2.45, 2.75) is 6.42 Å². The zero-order valence-corrected chi connectivity index (χ0v) is 6.40. The average Bonchev–Trinajstić information content (AvgIpc) is 2.34. The van der Waals surface area contributed by atoms with E-state index in [0.717, 1.165) is 23.6 Å². The fourth-order valence-electron chi connectivity index (χ4n) is 0.659. The Bertz CT molecular complexity index is 162. The number of guanidine groups is 1. The Morgan fingerprint density at radius 2 is 2.30 bits per heavy atom. The van der Waals surface area contributed by atoms with E-state index in [0.29, 0.717) is 0 Å². The quantitative estimate of drug-likeness (QED) is 0.314. The molecule has 1 rings (SSSR count). The maximum atomic E-state index is 5.08. The smallest absolute Gasteiger partial charge is 0.211 e. The highest BCUT2D eigenvalue weighted by Crippen LogP contribution is 2.14. The molecule has 5 heteroatoms. The Balaban J connectivity index is 2.46. The molecule has 0 saturated carbocycles. The van der Waals surface area contributed by atoms with Gasteiger partial charge in [-0.25, -0.2) is 0 Å². The molecule has 0 aromatic rings. The van der Waals surface area contributed by atoms with Crippen molar-refractivity contribution < 1.29 is 0 Å². The number of nitrogens with zero attached hydrogens (tertiary/aromatic N) is 2. The van der Waals surface area contributed by atoms with Gasteiger partial charge in [-0.2, -0.15) is 16.9 Å². The molecular weight excluding hydrogens is 148 g/mol. The molecule has 0 atom stereocenters.